The van der Waals surface area contributed by atoms with Crippen LogP contribution in [-0.4, -0.2) is 42.4 Å². The molecular formula is C13H24N2O4S. The molecular weight excluding hydrogens is 280 g/mol. The summed E-state index contributed by atoms with van der Waals surface area (Å²) in [5.74, 6) is -1.08. The highest BCUT2D eigenvalue weighted by molar-refractivity contribution is 7.87. The van der Waals surface area contributed by atoms with Gasteiger partial charge in [-0.05, 0) is 45.4 Å². The maximum Gasteiger partial charge on any atom is 0.306 e. The second-order valence-electron chi connectivity index (χ2n) is 5.97. The lowest BCUT2D eigenvalue weighted by Gasteiger charge is -2.35. The molecule has 1 saturated heterocycles. The first-order chi connectivity index (χ1) is 9.40. The topological polar surface area (TPSA) is 86.7 Å². The molecule has 1 aliphatic heterocycles. The highest BCUT2D eigenvalue weighted by Crippen LogP contribution is 2.26. The second-order valence-corrected chi connectivity index (χ2v) is 7.62. The van der Waals surface area contributed by atoms with Crippen molar-refractivity contribution in [3.05, 3.63) is 0 Å². The van der Waals surface area contributed by atoms with Crippen LogP contribution < -0.4 is 4.72 Å². The first kappa shape index (κ1) is 15.7. The fourth-order valence-electron chi connectivity index (χ4n) is 3.17. The number of rotatable bonds is 4. The Morgan fingerprint density at radius 2 is 1.80 bits per heavy atom. The van der Waals surface area contributed by atoms with Gasteiger partial charge in [0.05, 0.1) is 5.92 Å². The van der Waals surface area contributed by atoms with Crippen LogP contribution in [0.5, 0.6) is 0 Å². The number of carboxylic acid groups (broad SMARTS) is 1. The molecule has 0 radical (unpaired) electrons. The van der Waals surface area contributed by atoms with Crippen molar-refractivity contribution < 1.29 is 18.3 Å². The summed E-state index contributed by atoms with van der Waals surface area (Å²) in [5, 5.41) is 8.95. The van der Waals surface area contributed by atoms with Crippen LogP contribution in [0.25, 0.3) is 0 Å². The molecule has 2 rings (SSSR count). The molecule has 0 aromatic rings. The van der Waals surface area contributed by atoms with E-state index in [-0.39, 0.29) is 18.0 Å². The van der Waals surface area contributed by atoms with Gasteiger partial charge in [0, 0.05) is 18.6 Å². The molecule has 2 N–H and O–H groups in total. The van der Waals surface area contributed by atoms with Crippen molar-refractivity contribution in [2.24, 2.45) is 5.92 Å². The van der Waals surface area contributed by atoms with Crippen molar-refractivity contribution in [3.8, 4) is 0 Å². The Morgan fingerprint density at radius 3 is 2.35 bits per heavy atom. The molecule has 2 fully saturated rings. The SMILES string of the molecule is CC1CCCCN1S(=O)(=O)NC1CCC(C(=O)O)CC1. The molecule has 0 spiro atoms. The van der Waals surface area contributed by atoms with Gasteiger partial charge < -0.3 is 5.11 Å². The van der Waals surface area contributed by atoms with Gasteiger partial charge in [-0.2, -0.15) is 17.4 Å². The third-order valence-electron chi connectivity index (χ3n) is 4.44. The van der Waals surface area contributed by atoms with Crippen LogP contribution in [0.3, 0.4) is 0 Å². The Balaban J connectivity index is 1.91. The van der Waals surface area contributed by atoms with Crippen LogP contribution in [0.1, 0.15) is 51.9 Å². The number of aliphatic carboxylic acids is 1. The number of nitrogens with zero attached hydrogens (tertiary/aromatic N) is 1. The van der Waals surface area contributed by atoms with Gasteiger partial charge in [-0.25, -0.2) is 0 Å². The molecule has 116 valence electrons. The van der Waals surface area contributed by atoms with E-state index in [9.17, 15) is 13.2 Å². The first-order valence-electron chi connectivity index (χ1n) is 7.42. The van der Waals surface area contributed by atoms with E-state index < -0.39 is 16.2 Å². The van der Waals surface area contributed by atoms with Crippen LogP contribution in [-0.2, 0) is 15.0 Å². The summed E-state index contributed by atoms with van der Waals surface area (Å²) in [4.78, 5) is 10.9. The van der Waals surface area contributed by atoms with Crippen LogP contribution >= 0.6 is 0 Å². The minimum atomic E-state index is -3.43. The summed E-state index contributed by atoms with van der Waals surface area (Å²) in [6.07, 6.45) is 5.23. The molecule has 1 heterocycles. The van der Waals surface area contributed by atoms with E-state index in [1.807, 2.05) is 6.92 Å². The number of hydrogen-bond donors (Lipinski definition) is 2. The van der Waals surface area contributed by atoms with Gasteiger partial charge in [0.2, 0.25) is 0 Å². The molecule has 1 atom stereocenters. The summed E-state index contributed by atoms with van der Waals surface area (Å²) >= 11 is 0. The van der Waals surface area contributed by atoms with E-state index in [1.165, 1.54) is 0 Å². The van der Waals surface area contributed by atoms with Gasteiger partial charge in [-0.3, -0.25) is 4.79 Å². The molecule has 2 aliphatic rings. The second kappa shape index (κ2) is 6.41. The lowest BCUT2D eigenvalue weighted by atomic mass is 9.87. The van der Waals surface area contributed by atoms with Crippen molar-refractivity contribution in [1.29, 1.82) is 0 Å². The van der Waals surface area contributed by atoms with Crippen molar-refractivity contribution in [2.75, 3.05) is 6.54 Å². The Labute approximate surface area is 120 Å². The standard InChI is InChI=1S/C13H24N2O4S/c1-10-4-2-3-9-15(10)20(18,19)14-12-7-5-11(6-8-12)13(16)17/h10-12,14H,2-9H2,1H3,(H,16,17). The average Bonchev–Trinajstić information content (AvgIpc) is 2.39. The van der Waals surface area contributed by atoms with Crippen molar-refractivity contribution in [2.45, 2.75) is 64.0 Å². The average molecular weight is 304 g/mol. The third kappa shape index (κ3) is 3.71. The van der Waals surface area contributed by atoms with Crippen molar-refractivity contribution in [1.82, 2.24) is 9.03 Å². The fourth-order valence-corrected chi connectivity index (χ4v) is 4.91. The first-order valence-corrected chi connectivity index (χ1v) is 8.86. The highest BCUT2D eigenvalue weighted by Gasteiger charge is 2.33. The predicted molar refractivity (Wildman–Crippen MR) is 75.5 cm³/mol. The largest absolute Gasteiger partial charge is 0.481 e. The number of nitrogens with one attached hydrogen (secondary N) is 1. The Morgan fingerprint density at radius 1 is 1.15 bits per heavy atom. The smallest absolute Gasteiger partial charge is 0.306 e. The molecule has 1 unspecified atom stereocenters. The molecule has 0 aromatic heterocycles. The molecule has 0 bridgehead atoms. The maximum absolute atomic E-state index is 12.4. The molecule has 1 saturated carbocycles. The van der Waals surface area contributed by atoms with E-state index in [0.29, 0.717) is 32.2 Å². The summed E-state index contributed by atoms with van der Waals surface area (Å²) in [6.45, 7) is 2.53. The molecule has 6 nitrogen and oxygen atoms in total. The Kier molecular flexibility index (Phi) is 5.04. The van der Waals surface area contributed by atoms with Gasteiger partial charge in [0.1, 0.15) is 0 Å². The summed E-state index contributed by atoms with van der Waals surface area (Å²) in [6, 6.07) is -0.0682. The van der Waals surface area contributed by atoms with Gasteiger partial charge in [-0.1, -0.05) is 6.42 Å². The molecule has 1 aliphatic carbocycles. The minimum Gasteiger partial charge on any atom is -0.481 e. The van der Waals surface area contributed by atoms with E-state index >= 15 is 0 Å². The lowest BCUT2D eigenvalue weighted by molar-refractivity contribution is -0.142. The van der Waals surface area contributed by atoms with E-state index in [2.05, 4.69) is 4.72 Å². The van der Waals surface area contributed by atoms with Crippen molar-refractivity contribution in [3.63, 3.8) is 0 Å². The molecule has 0 amide bonds. The van der Waals surface area contributed by atoms with Gasteiger partial charge >= 0.3 is 5.97 Å². The fraction of sp³-hybridized carbons (Fsp3) is 0.923. The van der Waals surface area contributed by atoms with Crippen LogP contribution in [0.4, 0.5) is 0 Å². The summed E-state index contributed by atoms with van der Waals surface area (Å²) in [5.41, 5.74) is 0. The monoisotopic (exact) mass is 304 g/mol. The van der Waals surface area contributed by atoms with E-state index in [4.69, 9.17) is 5.11 Å². The predicted octanol–water partition coefficient (Wildman–Crippen LogP) is 1.34. The van der Waals surface area contributed by atoms with Crippen LogP contribution in [0, 0.1) is 5.92 Å². The summed E-state index contributed by atoms with van der Waals surface area (Å²) < 4.78 is 29.1. The maximum atomic E-state index is 12.4. The number of hydrogen-bond acceptors (Lipinski definition) is 3. The van der Waals surface area contributed by atoms with E-state index in [0.717, 1.165) is 19.3 Å². The van der Waals surface area contributed by atoms with Crippen LogP contribution in [0.15, 0.2) is 0 Å². The van der Waals surface area contributed by atoms with Crippen LogP contribution in [0.2, 0.25) is 0 Å². The zero-order chi connectivity index (χ0) is 14.8. The number of carbonyl (C=O) groups is 1. The quantitative estimate of drug-likeness (QED) is 0.820. The Hall–Kier alpha value is -0.660. The Bertz CT molecular complexity index is 443. The molecule has 7 heteroatoms. The minimum absolute atomic E-state index is 0.0524. The number of carboxylic acids is 1. The van der Waals surface area contributed by atoms with Crippen molar-refractivity contribution >= 4 is 16.2 Å². The number of piperidine rings is 1. The lowest BCUT2D eigenvalue weighted by Crippen LogP contribution is -2.51. The van der Waals surface area contributed by atoms with E-state index in [1.54, 1.807) is 4.31 Å². The molecule has 0 aromatic carbocycles. The molecule has 20 heavy (non-hydrogen) atoms. The van der Waals surface area contributed by atoms with Gasteiger partial charge in [0.25, 0.3) is 10.2 Å². The third-order valence-corrected chi connectivity index (χ3v) is 6.23. The summed E-state index contributed by atoms with van der Waals surface area (Å²) in [7, 11) is -3.43. The normalized spacial score (nSPS) is 33.0. The van der Waals surface area contributed by atoms with Gasteiger partial charge in [0.15, 0.2) is 0 Å². The highest BCUT2D eigenvalue weighted by atomic mass is 32.2. The zero-order valence-electron chi connectivity index (χ0n) is 11.9. The zero-order valence-corrected chi connectivity index (χ0v) is 12.7. The van der Waals surface area contributed by atoms with Gasteiger partial charge in [-0.15, -0.1) is 0 Å².